The quantitative estimate of drug-likeness (QED) is 0.0222. The van der Waals surface area contributed by atoms with Gasteiger partial charge >= 0.3 is 39.5 Å². The van der Waals surface area contributed by atoms with Crippen LogP contribution in [-0.4, -0.2) is 96.7 Å². The maximum absolute atomic E-state index is 13.2. The molecule has 0 bridgehead atoms. The lowest BCUT2D eigenvalue weighted by Gasteiger charge is -2.21. The van der Waals surface area contributed by atoms with E-state index in [-0.39, 0.29) is 25.7 Å². The molecule has 0 aromatic carbocycles. The van der Waals surface area contributed by atoms with Gasteiger partial charge in [-0.05, 0) is 37.5 Å². The number of phosphoric ester groups is 2. The summed E-state index contributed by atoms with van der Waals surface area (Å²) in [5.41, 5.74) is 0. The molecule has 0 amide bonds. The normalized spacial score (nSPS) is 13.8. The lowest BCUT2D eigenvalue weighted by molar-refractivity contribution is -0.161. The molecule has 0 aliphatic rings. The highest BCUT2D eigenvalue weighted by Gasteiger charge is 2.30. The van der Waals surface area contributed by atoms with Gasteiger partial charge in [-0.3, -0.25) is 37.3 Å². The van der Waals surface area contributed by atoms with E-state index >= 15 is 0 Å². The molecule has 0 fully saturated rings. The molecule has 17 nitrogen and oxygen atoms in total. The van der Waals surface area contributed by atoms with Crippen LogP contribution in [0, 0.1) is 11.8 Å². The van der Waals surface area contributed by atoms with Crippen molar-refractivity contribution >= 4 is 39.5 Å². The number of hydrogen-bond acceptors (Lipinski definition) is 15. The molecular weight excluding hydrogens is 1380 g/mol. The van der Waals surface area contributed by atoms with E-state index in [1.807, 2.05) is 0 Å². The van der Waals surface area contributed by atoms with Gasteiger partial charge in [-0.15, -0.1) is 0 Å². The Morgan fingerprint density at radius 3 is 0.642 bits per heavy atom. The van der Waals surface area contributed by atoms with Crippen LogP contribution < -0.4 is 0 Å². The van der Waals surface area contributed by atoms with Crippen molar-refractivity contribution in [2.24, 2.45) is 11.8 Å². The van der Waals surface area contributed by atoms with E-state index in [0.717, 1.165) is 102 Å². The predicted molar refractivity (Wildman–Crippen MR) is 437 cm³/mol. The number of carbonyl (C=O) groups is 4. The predicted octanol–water partition coefficient (Wildman–Crippen LogP) is 26.6. The molecule has 630 valence electrons. The second-order valence-electron chi connectivity index (χ2n) is 32.2. The fourth-order valence-corrected chi connectivity index (χ4v) is 15.2. The van der Waals surface area contributed by atoms with Gasteiger partial charge in [-0.2, -0.15) is 0 Å². The van der Waals surface area contributed by atoms with Crippen LogP contribution in [-0.2, 0) is 65.4 Å². The Morgan fingerprint density at radius 1 is 0.255 bits per heavy atom. The minimum atomic E-state index is -4.97. The van der Waals surface area contributed by atoms with Gasteiger partial charge < -0.3 is 33.8 Å². The van der Waals surface area contributed by atoms with Crippen LogP contribution in [0.3, 0.4) is 0 Å². The van der Waals surface area contributed by atoms with Gasteiger partial charge in [0, 0.05) is 25.7 Å². The zero-order chi connectivity index (χ0) is 77.8. The smallest absolute Gasteiger partial charge is 0.462 e. The maximum atomic E-state index is 13.2. The van der Waals surface area contributed by atoms with Crippen molar-refractivity contribution in [2.75, 3.05) is 39.6 Å². The number of hydrogen-bond donors (Lipinski definition) is 3. The number of aliphatic hydroxyl groups is 1. The molecule has 106 heavy (non-hydrogen) atoms. The molecule has 19 heteroatoms. The van der Waals surface area contributed by atoms with Gasteiger partial charge in [0.25, 0.3) is 0 Å². The molecule has 0 rings (SSSR count). The zero-order valence-corrected chi connectivity index (χ0v) is 71.5. The van der Waals surface area contributed by atoms with Crippen LogP contribution in [0.1, 0.15) is 465 Å². The average Bonchev–Trinajstić information content (AvgIpc) is 0.899. The van der Waals surface area contributed by atoms with Crippen LogP contribution in [0.5, 0.6) is 0 Å². The number of unbranched alkanes of at least 4 members (excludes halogenated alkanes) is 56. The van der Waals surface area contributed by atoms with Crippen molar-refractivity contribution in [1.29, 1.82) is 0 Å². The summed E-state index contributed by atoms with van der Waals surface area (Å²) < 4.78 is 68.9. The number of ether oxygens (including phenoxy) is 4. The van der Waals surface area contributed by atoms with E-state index in [1.54, 1.807) is 0 Å². The number of rotatable bonds is 86. The minimum Gasteiger partial charge on any atom is -0.462 e. The van der Waals surface area contributed by atoms with Crippen LogP contribution in [0.25, 0.3) is 0 Å². The fourth-order valence-electron chi connectivity index (χ4n) is 13.6. The lowest BCUT2D eigenvalue weighted by Crippen LogP contribution is -2.30. The van der Waals surface area contributed by atoms with Crippen LogP contribution >= 0.6 is 15.6 Å². The molecule has 0 saturated carbocycles. The molecule has 0 aliphatic heterocycles. The highest BCUT2D eigenvalue weighted by atomic mass is 31.2. The van der Waals surface area contributed by atoms with Crippen molar-refractivity contribution in [3.8, 4) is 0 Å². The van der Waals surface area contributed by atoms with E-state index in [2.05, 4.69) is 41.5 Å². The number of phosphoric acid groups is 2. The van der Waals surface area contributed by atoms with Gasteiger partial charge in [0.15, 0.2) is 12.2 Å². The summed E-state index contributed by atoms with van der Waals surface area (Å²) in [6.07, 6.45) is 70.9. The van der Waals surface area contributed by atoms with Crippen molar-refractivity contribution in [3.05, 3.63) is 0 Å². The molecule has 0 spiro atoms. The van der Waals surface area contributed by atoms with Crippen molar-refractivity contribution in [2.45, 2.75) is 484 Å². The van der Waals surface area contributed by atoms with Crippen LogP contribution in [0.2, 0.25) is 0 Å². The summed E-state index contributed by atoms with van der Waals surface area (Å²) in [5, 5.41) is 10.7. The summed E-state index contributed by atoms with van der Waals surface area (Å²) in [6.45, 7) is 9.69. The van der Waals surface area contributed by atoms with Gasteiger partial charge in [0.05, 0.1) is 26.4 Å². The number of aliphatic hydroxyl groups excluding tert-OH is 1. The standard InChI is InChI=1S/C87H170O17P2/c1-7-9-11-13-15-17-19-21-22-23-24-25-26-27-28-33-36-40-47-53-59-65-71-86(91)103-82(75-98-85(90)70-64-58-52-46-39-35-32-30-29-31-34-37-43-49-55-61-67-79(3)4)77-101-105(93,94)99-73-81(88)74-100-106(95,96)102-78-83(76-97-84(89)69-63-57-51-45-38-20-18-16-14-12-10-8-2)104-87(92)72-66-60-54-48-42-41-44-50-56-62-68-80(5)6/h79-83,88H,7-78H2,1-6H3,(H,93,94)(H,95,96)/t81-,82-,83-/m1/s1. The SMILES string of the molecule is CCCCCCCCCCCCCCCCCCCCCCCCC(=O)O[C@H](COC(=O)CCCCCCCCCCCCCCCCCCC(C)C)COP(=O)(O)OC[C@@H](O)COP(=O)(O)OC[C@@H](COC(=O)CCCCCCCCCCCCCC)OC(=O)CCCCCCCCCCCCC(C)C. The van der Waals surface area contributed by atoms with Gasteiger partial charge in [-0.1, -0.05) is 414 Å². The van der Waals surface area contributed by atoms with Crippen molar-refractivity contribution in [3.63, 3.8) is 0 Å². The topological polar surface area (TPSA) is 237 Å². The summed E-state index contributed by atoms with van der Waals surface area (Å²) in [6, 6.07) is 0. The molecule has 0 aromatic rings. The summed E-state index contributed by atoms with van der Waals surface area (Å²) in [4.78, 5) is 73.2. The number of esters is 4. The first-order valence-electron chi connectivity index (χ1n) is 45.0. The Hall–Kier alpha value is -1.94. The third kappa shape index (κ3) is 80.1. The highest BCUT2D eigenvalue weighted by molar-refractivity contribution is 7.47. The van der Waals surface area contributed by atoms with E-state index in [9.17, 15) is 43.2 Å². The summed E-state index contributed by atoms with van der Waals surface area (Å²) >= 11 is 0. The second kappa shape index (κ2) is 78.3. The van der Waals surface area contributed by atoms with Gasteiger partial charge in [0.1, 0.15) is 19.3 Å². The molecule has 0 heterocycles. The first-order chi connectivity index (χ1) is 51.4. The first-order valence-corrected chi connectivity index (χ1v) is 48.0. The third-order valence-electron chi connectivity index (χ3n) is 20.5. The van der Waals surface area contributed by atoms with Crippen LogP contribution in [0.4, 0.5) is 0 Å². The summed E-state index contributed by atoms with van der Waals surface area (Å²) in [5.74, 6) is -0.537. The Balaban J connectivity index is 5.23. The molecule has 0 saturated heterocycles. The molecule has 0 aromatic heterocycles. The largest absolute Gasteiger partial charge is 0.472 e. The van der Waals surface area contributed by atoms with E-state index in [0.29, 0.717) is 25.7 Å². The maximum Gasteiger partial charge on any atom is 0.472 e. The van der Waals surface area contributed by atoms with Crippen molar-refractivity contribution in [1.82, 2.24) is 0 Å². The molecule has 0 aliphatic carbocycles. The van der Waals surface area contributed by atoms with E-state index < -0.39 is 97.5 Å². The average molecular weight is 1550 g/mol. The lowest BCUT2D eigenvalue weighted by atomic mass is 10.0. The first kappa shape index (κ1) is 104. The second-order valence-corrected chi connectivity index (χ2v) is 35.1. The molecule has 2 unspecified atom stereocenters. The number of carbonyl (C=O) groups excluding carboxylic acids is 4. The molecule has 5 atom stereocenters. The van der Waals surface area contributed by atoms with Crippen LogP contribution in [0.15, 0.2) is 0 Å². The Labute approximate surface area is 651 Å². The minimum absolute atomic E-state index is 0.107. The fraction of sp³-hybridized carbons (Fsp3) is 0.954. The third-order valence-corrected chi connectivity index (χ3v) is 22.4. The zero-order valence-electron chi connectivity index (χ0n) is 69.7. The molecule has 3 N–H and O–H groups in total. The highest BCUT2D eigenvalue weighted by Crippen LogP contribution is 2.45. The Bertz CT molecular complexity index is 2030. The van der Waals surface area contributed by atoms with E-state index in [4.69, 9.17) is 37.0 Å². The molecule has 0 radical (unpaired) electrons. The Kier molecular flexibility index (Phi) is 76.9. The monoisotopic (exact) mass is 1550 g/mol. The van der Waals surface area contributed by atoms with E-state index in [1.165, 1.54) is 283 Å². The Morgan fingerprint density at radius 2 is 0.434 bits per heavy atom. The summed E-state index contributed by atoms with van der Waals surface area (Å²) in [7, 11) is -9.93. The van der Waals surface area contributed by atoms with Gasteiger partial charge in [0.2, 0.25) is 0 Å². The molecular formula is C87H170O17P2. The van der Waals surface area contributed by atoms with Crippen molar-refractivity contribution < 1.29 is 80.2 Å². The van der Waals surface area contributed by atoms with Gasteiger partial charge in [-0.25, -0.2) is 9.13 Å².